The van der Waals surface area contributed by atoms with Gasteiger partial charge in [-0.1, -0.05) is 20.8 Å². The van der Waals surface area contributed by atoms with Gasteiger partial charge >= 0.3 is 0 Å². The number of rotatable bonds is 2. The van der Waals surface area contributed by atoms with Gasteiger partial charge in [0.25, 0.3) is 0 Å². The van der Waals surface area contributed by atoms with Crippen molar-refractivity contribution in [2.75, 3.05) is 13.7 Å². The van der Waals surface area contributed by atoms with E-state index < -0.39 is 0 Å². The van der Waals surface area contributed by atoms with Crippen molar-refractivity contribution in [1.29, 1.82) is 0 Å². The van der Waals surface area contributed by atoms with Crippen molar-refractivity contribution >= 4 is 0 Å². The molecule has 10 heavy (non-hydrogen) atoms. The van der Waals surface area contributed by atoms with Crippen LogP contribution in [0.15, 0.2) is 0 Å². The number of aliphatic hydroxyl groups excluding tert-OH is 1. The van der Waals surface area contributed by atoms with E-state index in [1.54, 1.807) is 0 Å². The summed E-state index contributed by atoms with van der Waals surface area (Å²) in [6.07, 6.45) is 0. The van der Waals surface area contributed by atoms with Gasteiger partial charge in [-0.25, -0.2) is 0 Å². The molecule has 0 spiro atoms. The first-order valence-electron chi connectivity index (χ1n) is 3.67. The molecule has 2 N–H and O–H groups in total. The smallest absolute Gasteiger partial charge is 0.0615 e. The van der Waals surface area contributed by atoms with Crippen molar-refractivity contribution in [3.8, 4) is 0 Å². The lowest BCUT2D eigenvalue weighted by Crippen LogP contribution is -2.53. The third-order valence-electron chi connectivity index (χ3n) is 2.52. The standard InChI is InChI=1S/C8H19NO/c1-7(2,3)8(4,6-10)9-5/h9-10H,6H2,1-5H3/t8-/m0/s1. The monoisotopic (exact) mass is 145 g/mol. The van der Waals surface area contributed by atoms with E-state index in [1.807, 2.05) is 14.0 Å². The summed E-state index contributed by atoms with van der Waals surface area (Å²) in [4.78, 5) is 0. The van der Waals surface area contributed by atoms with Crippen molar-refractivity contribution < 1.29 is 5.11 Å². The van der Waals surface area contributed by atoms with E-state index in [4.69, 9.17) is 5.11 Å². The third-order valence-corrected chi connectivity index (χ3v) is 2.52. The van der Waals surface area contributed by atoms with Crippen LogP contribution in [-0.4, -0.2) is 24.3 Å². The molecule has 0 saturated carbocycles. The number of hydrogen-bond donors (Lipinski definition) is 2. The summed E-state index contributed by atoms with van der Waals surface area (Å²) in [7, 11) is 1.88. The molecular weight excluding hydrogens is 126 g/mol. The highest BCUT2D eigenvalue weighted by Gasteiger charge is 2.34. The molecule has 1 atom stereocenters. The van der Waals surface area contributed by atoms with E-state index in [-0.39, 0.29) is 17.6 Å². The number of hydrogen-bond acceptors (Lipinski definition) is 2. The van der Waals surface area contributed by atoms with Crippen LogP contribution in [-0.2, 0) is 0 Å². The maximum Gasteiger partial charge on any atom is 0.0615 e. The molecule has 0 saturated heterocycles. The summed E-state index contributed by atoms with van der Waals surface area (Å²) >= 11 is 0. The summed E-state index contributed by atoms with van der Waals surface area (Å²) in [6.45, 7) is 8.53. The van der Waals surface area contributed by atoms with Crippen LogP contribution in [0.2, 0.25) is 0 Å². The molecule has 2 heteroatoms. The maximum atomic E-state index is 9.06. The molecular formula is C8H19NO. The highest BCUT2D eigenvalue weighted by Crippen LogP contribution is 2.28. The quantitative estimate of drug-likeness (QED) is 0.607. The van der Waals surface area contributed by atoms with E-state index >= 15 is 0 Å². The number of aliphatic hydroxyl groups is 1. The molecule has 0 bridgehead atoms. The van der Waals surface area contributed by atoms with Crippen LogP contribution in [0.4, 0.5) is 0 Å². The fraction of sp³-hybridized carbons (Fsp3) is 1.00. The molecule has 0 aromatic heterocycles. The lowest BCUT2D eigenvalue weighted by molar-refractivity contribution is 0.0828. The van der Waals surface area contributed by atoms with Gasteiger partial charge in [0.2, 0.25) is 0 Å². The Hall–Kier alpha value is -0.0800. The minimum Gasteiger partial charge on any atom is -0.394 e. The Balaban J connectivity index is 4.33. The van der Waals surface area contributed by atoms with E-state index in [0.717, 1.165) is 0 Å². The Morgan fingerprint density at radius 1 is 1.20 bits per heavy atom. The predicted octanol–water partition coefficient (Wildman–Crippen LogP) is 1.00. The fourth-order valence-corrected chi connectivity index (χ4v) is 0.691. The van der Waals surface area contributed by atoms with E-state index in [2.05, 4.69) is 26.1 Å². The van der Waals surface area contributed by atoms with Crippen molar-refractivity contribution in [2.45, 2.75) is 33.2 Å². The van der Waals surface area contributed by atoms with Gasteiger partial charge in [0, 0.05) is 5.54 Å². The molecule has 62 valence electrons. The molecule has 2 nitrogen and oxygen atoms in total. The van der Waals surface area contributed by atoms with Crippen LogP contribution >= 0.6 is 0 Å². The van der Waals surface area contributed by atoms with Crippen molar-refractivity contribution in [3.63, 3.8) is 0 Å². The average Bonchev–Trinajstić information content (AvgIpc) is 1.84. The number of likely N-dealkylation sites (N-methyl/N-ethyl adjacent to an activating group) is 1. The molecule has 0 aliphatic heterocycles. The van der Waals surface area contributed by atoms with E-state index in [9.17, 15) is 0 Å². The maximum absolute atomic E-state index is 9.06. The second kappa shape index (κ2) is 2.89. The lowest BCUT2D eigenvalue weighted by atomic mass is 9.75. The third kappa shape index (κ3) is 1.70. The Kier molecular flexibility index (Phi) is 2.86. The van der Waals surface area contributed by atoms with Gasteiger partial charge < -0.3 is 10.4 Å². The Morgan fingerprint density at radius 3 is 1.60 bits per heavy atom. The molecule has 0 fully saturated rings. The van der Waals surface area contributed by atoms with E-state index in [0.29, 0.717) is 0 Å². The van der Waals surface area contributed by atoms with Crippen molar-refractivity contribution in [1.82, 2.24) is 5.32 Å². The predicted molar refractivity (Wildman–Crippen MR) is 44.0 cm³/mol. The van der Waals surface area contributed by atoms with Crippen LogP contribution in [0.5, 0.6) is 0 Å². The topological polar surface area (TPSA) is 32.3 Å². The fourth-order valence-electron chi connectivity index (χ4n) is 0.691. The van der Waals surface area contributed by atoms with Crippen LogP contribution in [0.25, 0.3) is 0 Å². The summed E-state index contributed by atoms with van der Waals surface area (Å²) in [6, 6.07) is 0. The molecule has 0 heterocycles. The second-order valence-electron chi connectivity index (χ2n) is 3.99. The zero-order chi connectivity index (χ0) is 8.41. The summed E-state index contributed by atoms with van der Waals surface area (Å²) in [5, 5.41) is 12.2. The van der Waals surface area contributed by atoms with Gasteiger partial charge in [-0.05, 0) is 19.4 Å². The lowest BCUT2D eigenvalue weighted by Gasteiger charge is -2.40. The van der Waals surface area contributed by atoms with Crippen LogP contribution < -0.4 is 5.32 Å². The first kappa shape index (κ1) is 9.92. The molecule has 0 amide bonds. The Morgan fingerprint density at radius 2 is 1.60 bits per heavy atom. The zero-order valence-corrected chi connectivity index (χ0v) is 7.65. The highest BCUT2D eigenvalue weighted by atomic mass is 16.3. The van der Waals surface area contributed by atoms with Crippen LogP contribution in [0.3, 0.4) is 0 Å². The van der Waals surface area contributed by atoms with Gasteiger partial charge in [-0.2, -0.15) is 0 Å². The van der Waals surface area contributed by atoms with Gasteiger partial charge in [0.15, 0.2) is 0 Å². The van der Waals surface area contributed by atoms with E-state index in [1.165, 1.54) is 0 Å². The first-order chi connectivity index (χ1) is 4.37. The largest absolute Gasteiger partial charge is 0.394 e. The van der Waals surface area contributed by atoms with Crippen LogP contribution in [0, 0.1) is 5.41 Å². The summed E-state index contributed by atoms with van der Waals surface area (Å²) in [5.41, 5.74) is -0.0799. The Labute approximate surface area is 63.6 Å². The van der Waals surface area contributed by atoms with Crippen molar-refractivity contribution in [2.24, 2.45) is 5.41 Å². The zero-order valence-electron chi connectivity index (χ0n) is 7.65. The minimum atomic E-state index is -0.174. The Bertz CT molecular complexity index is 100. The summed E-state index contributed by atoms with van der Waals surface area (Å²) < 4.78 is 0. The summed E-state index contributed by atoms with van der Waals surface area (Å²) in [5.74, 6) is 0. The molecule has 0 unspecified atom stereocenters. The molecule has 0 aliphatic carbocycles. The molecule has 0 radical (unpaired) electrons. The molecule has 0 aromatic carbocycles. The number of nitrogens with one attached hydrogen (secondary N) is 1. The van der Waals surface area contributed by atoms with Gasteiger partial charge in [0.05, 0.1) is 6.61 Å². The van der Waals surface area contributed by atoms with Crippen molar-refractivity contribution in [3.05, 3.63) is 0 Å². The SMILES string of the molecule is CN[C@@](C)(CO)C(C)(C)C. The first-order valence-corrected chi connectivity index (χ1v) is 3.67. The van der Waals surface area contributed by atoms with Gasteiger partial charge in [-0.15, -0.1) is 0 Å². The highest BCUT2D eigenvalue weighted by molar-refractivity contribution is 4.92. The second-order valence-corrected chi connectivity index (χ2v) is 3.99. The molecule has 0 aromatic rings. The van der Waals surface area contributed by atoms with Gasteiger partial charge in [-0.3, -0.25) is 0 Å². The minimum absolute atomic E-state index is 0.0938. The van der Waals surface area contributed by atoms with Crippen LogP contribution in [0.1, 0.15) is 27.7 Å². The molecule has 0 aliphatic rings. The van der Waals surface area contributed by atoms with Gasteiger partial charge in [0.1, 0.15) is 0 Å². The average molecular weight is 145 g/mol. The molecule has 0 rings (SSSR count). The normalized spacial score (nSPS) is 18.6.